The van der Waals surface area contributed by atoms with Crippen LogP contribution in [0.3, 0.4) is 0 Å². The highest BCUT2D eigenvalue weighted by molar-refractivity contribution is 5.99. The quantitative estimate of drug-likeness (QED) is 0.644. The number of aromatic amines is 1. The number of carbonyl (C=O) groups is 2. The summed E-state index contributed by atoms with van der Waals surface area (Å²) in [6.45, 7) is 9.43. The lowest BCUT2D eigenvalue weighted by Crippen LogP contribution is -3.10. The minimum atomic E-state index is -0.201. The van der Waals surface area contributed by atoms with Crippen molar-refractivity contribution in [2.24, 2.45) is 0 Å². The number of hydrogen-bond acceptors (Lipinski definition) is 2. The van der Waals surface area contributed by atoms with Crippen LogP contribution in [0.2, 0.25) is 0 Å². The van der Waals surface area contributed by atoms with E-state index in [1.807, 2.05) is 18.2 Å². The Morgan fingerprint density at radius 2 is 1.79 bits per heavy atom. The molecule has 24 heavy (non-hydrogen) atoms. The predicted octanol–water partition coefficient (Wildman–Crippen LogP) is 1.57. The molecule has 1 aromatic heterocycles. The summed E-state index contributed by atoms with van der Waals surface area (Å²) < 4.78 is 0. The summed E-state index contributed by atoms with van der Waals surface area (Å²) in [5, 5.41) is 2.93. The van der Waals surface area contributed by atoms with Crippen molar-refractivity contribution in [3.05, 3.63) is 58.9 Å². The van der Waals surface area contributed by atoms with Gasteiger partial charge in [-0.15, -0.1) is 0 Å². The van der Waals surface area contributed by atoms with E-state index in [2.05, 4.69) is 30.2 Å². The third kappa shape index (κ3) is 4.55. The van der Waals surface area contributed by atoms with Crippen LogP contribution < -0.4 is 10.2 Å². The molecular formula is C19H26N3O2+. The van der Waals surface area contributed by atoms with E-state index >= 15 is 0 Å². The summed E-state index contributed by atoms with van der Waals surface area (Å²) in [4.78, 5) is 27.9. The topological polar surface area (TPSA) is 66.4 Å². The van der Waals surface area contributed by atoms with Gasteiger partial charge < -0.3 is 15.2 Å². The van der Waals surface area contributed by atoms with Crippen molar-refractivity contribution in [3.63, 3.8) is 0 Å². The van der Waals surface area contributed by atoms with Crippen LogP contribution in [0, 0.1) is 0 Å². The Balaban J connectivity index is 2.03. The number of nitrogens with one attached hydrogen (secondary N) is 3. The van der Waals surface area contributed by atoms with Crippen LogP contribution in [-0.4, -0.2) is 29.8 Å². The molecule has 0 unspecified atom stereocenters. The predicted molar refractivity (Wildman–Crippen MR) is 94.2 cm³/mol. The molecule has 0 fully saturated rings. The smallest absolute Gasteiger partial charge is 0.267 e. The Kier molecular flexibility index (Phi) is 6.32. The van der Waals surface area contributed by atoms with Crippen LogP contribution >= 0.6 is 0 Å². The number of carbonyl (C=O) groups excluding carboxylic acids is 2. The molecule has 0 spiro atoms. The van der Waals surface area contributed by atoms with Crippen LogP contribution in [0.1, 0.15) is 52.7 Å². The van der Waals surface area contributed by atoms with Crippen molar-refractivity contribution in [3.8, 4) is 0 Å². The zero-order valence-corrected chi connectivity index (χ0v) is 14.6. The second-order valence-corrected chi connectivity index (χ2v) is 5.94. The van der Waals surface area contributed by atoms with Crippen molar-refractivity contribution in [2.75, 3.05) is 13.1 Å². The van der Waals surface area contributed by atoms with Crippen molar-refractivity contribution < 1.29 is 14.5 Å². The van der Waals surface area contributed by atoms with Gasteiger partial charge in [-0.25, -0.2) is 0 Å². The molecule has 5 heteroatoms. The van der Waals surface area contributed by atoms with Gasteiger partial charge in [0.05, 0.1) is 13.1 Å². The molecule has 0 saturated heterocycles. The number of hydrogen-bond donors (Lipinski definition) is 3. The summed E-state index contributed by atoms with van der Waals surface area (Å²) in [5.41, 5.74) is 3.31. The molecule has 0 aliphatic carbocycles. The van der Waals surface area contributed by atoms with Crippen LogP contribution in [0.25, 0.3) is 0 Å². The van der Waals surface area contributed by atoms with Crippen LogP contribution in [-0.2, 0) is 13.1 Å². The van der Waals surface area contributed by atoms with Crippen LogP contribution in [0.15, 0.2) is 36.5 Å². The minimum absolute atomic E-state index is 0.0576. The first-order chi connectivity index (χ1) is 11.5. The van der Waals surface area contributed by atoms with Crippen LogP contribution in [0.4, 0.5) is 0 Å². The molecule has 2 rings (SSSR count). The van der Waals surface area contributed by atoms with E-state index in [0.717, 1.165) is 25.2 Å². The first kappa shape index (κ1) is 17.9. The number of quaternary nitrogens is 1. The molecular weight excluding hydrogens is 302 g/mol. The maximum Gasteiger partial charge on any atom is 0.267 e. The number of H-pyrrole nitrogens is 1. The van der Waals surface area contributed by atoms with Gasteiger partial charge in [-0.05, 0) is 32.4 Å². The number of ketones is 1. The fourth-order valence-electron chi connectivity index (χ4n) is 2.67. The van der Waals surface area contributed by atoms with Crippen molar-refractivity contribution in [1.29, 1.82) is 0 Å². The van der Waals surface area contributed by atoms with Crippen LogP contribution in [0.5, 0.6) is 0 Å². The molecule has 5 nitrogen and oxygen atoms in total. The Hall–Kier alpha value is -2.40. The Morgan fingerprint density at radius 3 is 2.38 bits per heavy atom. The number of benzene rings is 1. The van der Waals surface area contributed by atoms with Crippen molar-refractivity contribution in [1.82, 2.24) is 10.3 Å². The lowest BCUT2D eigenvalue weighted by Gasteiger charge is -2.17. The molecule has 0 bridgehead atoms. The third-order valence-electron chi connectivity index (χ3n) is 4.33. The van der Waals surface area contributed by atoms with Gasteiger partial charge in [0.25, 0.3) is 5.91 Å². The van der Waals surface area contributed by atoms with Gasteiger partial charge in [0.15, 0.2) is 5.78 Å². The standard InChI is InChI=1S/C19H25N3O2/c1-4-22(5-2)13-16-9-7-6-8-15(16)11-21-19(24)18-10-17(12-20-18)14(3)23/h6-10,12,20H,4-5,11,13H2,1-3H3,(H,21,24)/p+1. The van der Waals surface area contributed by atoms with Gasteiger partial charge in [0, 0.05) is 23.9 Å². The Labute approximate surface area is 143 Å². The van der Waals surface area contributed by atoms with E-state index in [1.54, 1.807) is 12.3 Å². The average Bonchev–Trinajstić information content (AvgIpc) is 3.09. The average molecular weight is 328 g/mol. The first-order valence-electron chi connectivity index (χ1n) is 8.43. The molecule has 128 valence electrons. The van der Waals surface area contributed by atoms with E-state index in [-0.39, 0.29) is 11.7 Å². The molecule has 0 aliphatic heterocycles. The molecule has 0 aliphatic rings. The fourth-order valence-corrected chi connectivity index (χ4v) is 2.67. The van der Waals surface area contributed by atoms with Gasteiger partial charge in [-0.3, -0.25) is 9.59 Å². The van der Waals surface area contributed by atoms with Gasteiger partial charge in [-0.1, -0.05) is 24.3 Å². The maximum absolute atomic E-state index is 12.2. The fraction of sp³-hybridized carbons (Fsp3) is 0.368. The third-order valence-corrected chi connectivity index (χ3v) is 4.33. The van der Waals surface area contributed by atoms with Crippen molar-refractivity contribution >= 4 is 11.7 Å². The summed E-state index contributed by atoms with van der Waals surface area (Å²) in [6.07, 6.45) is 1.56. The lowest BCUT2D eigenvalue weighted by atomic mass is 10.1. The zero-order valence-electron chi connectivity index (χ0n) is 14.6. The summed E-state index contributed by atoms with van der Waals surface area (Å²) in [6, 6.07) is 9.78. The molecule has 1 aromatic carbocycles. The second-order valence-electron chi connectivity index (χ2n) is 5.94. The maximum atomic E-state index is 12.2. The number of Topliss-reactive ketones (excluding diaryl/α,β-unsaturated/α-hetero) is 1. The molecule has 1 heterocycles. The summed E-state index contributed by atoms with van der Waals surface area (Å²) in [7, 11) is 0. The van der Waals surface area contributed by atoms with E-state index in [1.165, 1.54) is 17.4 Å². The van der Waals surface area contributed by atoms with E-state index < -0.39 is 0 Å². The molecule has 2 aromatic rings. The molecule has 0 saturated carbocycles. The van der Waals surface area contributed by atoms with E-state index in [4.69, 9.17) is 0 Å². The SMILES string of the molecule is CC[NH+](CC)Cc1ccccc1CNC(=O)c1cc(C(C)=O)c[nH]1. The first-order valence-corrected chi connectivity index (χ1v) is 8.43. The Morgan fingerprint density at radius 1 is 1.12 bits per heavy atom. The van der Waals surface area contributed by atoms with Crippen molar-refractivity contribution in [2.45, 2.75) is 33.9 Å². The lowest BCUT2D eigenvalue weighted by molar-refractivity contribution is -0.910. The highest BCUT2D eigenvalue weighted by Crippen LogP contribution is 2.09. The molecule has 0 radical (unpaired) electrons. The van der Waals surface area contributed by atoms with Gasteiger partial charge >= 0.3 is 0 Å². The van der Waals surface area contributed by atoms with Gasteiger partial charge in [-0.2, -0.15) is 0 Å². The minimum Gasteiger partial charge on any atom is -0.356 e. The monoisotopic (exact) mass is 328 g/mol. The molecule has 3 N–H and O–H groups in total. The largest absolute Gasteiger partial charge is 0.356 e. The highest BCUT2D eigenvalue weighted by Gasteiger charge is 2.13. The second kappa shape index (κ2) is 8.45. The van der Waals surface area contributed by atoms with E-state index in [9.17, 15) is 9.59 Å². The normalized spacial score (nSPS) is 10.8. The number of amides is 1. The van der Waals surface area contributed by atoms with Gasteiger partial charge in [0.1, 0.15) is 12.2 Å². The summed E-state index contributed by atoms with van der Waals surface area (Å²) in [5.74, 6) is -0.259. The zero-order chi connectivity index (χ0) is 17.5. The summed E-state index contributed by atoms with van der Waals surface area (Å²) >= 11 is 0. The number of rotatable bonds is 8. The molecule has 0 atom stereocenters. The van der Waals surface area contributed by atoms with E-state index in [0.29, 0.717) is 17.8 Å². The molecule has 1 amide bonds. The Bertz CT molecular complexity index is 702. The van der Waals surface area contributed by atoms with Gasteiger partial charge in [0.2, 0.25) is 0 Å². The number of aromatic nitrogens is 1. The highest BCUT2D eigenvalue weighted by atomic mass is 16.2.